The number of likely N-dealkylation sites (N-methyl/N-ethyl adjacent to an activating group) is 1. The first-order chi connectivity index (χ1) is 18.8. The van der Waals surface area contributed by atoms with Gasteiger partial charge in [-0.1, -0.05) is 0 Å². The van der Waals surface area contributed by atoms with Crippen LogP contribution in [0.5, 0.6) is 5.88 Å². The second-order valence-corrected chi connectivity index (χ2v) is 11.5. The molecule has 40 heavy (non-hydrogen) atoms. The van der Waals surface area contributed by atoms with Crippen LogP contribution >= 0.6 is 0 Å². The molecule has 3 aliphatic rings. The predicted octanol–water partition coefficient (Wildman–Crippen LogP) is 4.24. The lowest BCUT2D eigenvalue weighted by Gasteiger charge is -2.43. The first-order valence-electron chi connectivity index (χ1n) is 13.6. The highest BCUT2D eigenvalue weighted by Gasteiger charge is 2.47. The van der Waals surface area contributed by atoms with Crippen LogP contribution in [0.1, 0.15) is 42.3 Å². The zero-order valence-corrected chi connectivity index (χ0v) is 23.2. The highest BCUT2D eigenvalue weighted by atomic mass is 19.4. The van der Waals surface area contributed by atoms with E-state index in [-0.39, 0.29) is 47.0 Å². The standard InChI is InChI=1S/C28H33F4N7O/c1-12-17(8-9-38(4)5)36-26-21-20(12)23(29)24(16-10-19(33)34-13(2)22(16)28(30,31)32)37-27(21)40-14(3)25-18-7-6-15(35-18)11-39(25)26/h10,14-15,18,25,35H,6-9,11H2,1-5H3,(H2,33,34)/t14-,15+,18-,25+/m0/s1. The van der Waals surface area contributed by atoms with Crippen molar-refractivity contribution in [2.75, 3.05) is 37.8 Å². The molecule has 12 heteroatoms. The third-order valence-electron chi connectivity index (χ3n) is 8.45. The largest absolute Gasteiger partial charge is 0.472 e. The summed E-state index contributed by atoms with van der Waals surface area (Å²) in [6.07, 6.45) is -2.64. The molecule has 0 aliphatic carbocycles. The van der Waals surface area contributed by atoms with Crippen molar-refractivity contribution in [2.45, 2.75) is 70.4 Å². The topological polar surface area (TPSA) is 92.4 Å². The maximum Gasteiger partial charge on any atom is 0.418 e. The van der Waals surface area contributed by atoms with Gasteiger partial charge in [-0.3, -0.25) is 0 Å². The number of halogens is 4. The summed E-state index contributed by atoms with van der Waals surface area (Å²) >= 11 is 0. The van der Waals surface area contributed by atoms with Crippen LogP contribution in [0, 0.1) is 19.7 Å². The van der Waals surface area contributed by atoms with Crippen LogP contribution in [0.2, 0.25) is 0 Å². The summed E-state index contributed by atoms with van der Waals surface area (Å²) in [7, 11) is 3.89. The van der Waals surface area contributed by atoms with Gasteiger partial charge in [0.1, 0.15) is 23.4 Å². The highest BCUT2D eigenvalue weighted by molar-refractivity contribution is 6.01. The number of nitrogens with two attached hydrogens (primary N) is 1. The number of aromatic nitrogens is 3. The van der Waals surface area contributed by atoms with Crippen LogP contribution in [0.4, 0.5) is 29.2 Å². The number of alkyl halides is 3. The summed E-state index contributed by atoms with van der Waals surface area (Å²) in [5, 5.41) is 4.24. The van der Waals surface area contributed by atoms with Gasteiger partial charge in [0.05, 0.1) is 22.7 Å². The molecule has 0 radical (unpaired) electrons. The molecule has 3 aromatic rings. The van der Waals surface area contributed by atoms with Crippen molar-refractivity contribution >= 4 is 22.4 Å². The van der Waals surface area contributed by atoms with E-state index in [1.165, 1.54) is 6.92 Å². The van der Waals surface area contributed by atoms with Crippen LogP contribution in [0.25, 0.3) is 22.0 Å². The van der Waals surface area contributed by atoms with Crippen LogP contribution in [0.15, 0.2) is 6.07 Å². The molecule has 8 nitrogen and oxygen atoms in total. The van der Waals surface area contributed by atoms with E-state index < -0.39 is 28.8 Å². The Hall–Kier alpha value is -3.25. The lowest BCUT2D eigenvalue weighted by atomic mass is 9.96. The Morgan fingerprint density at radius 3 is 2.60 bits per heavy atom. The number of ether oxygens (including phenoxy) is 1. The van der Waals surface area contributed by atoms with Crippen molar-refractivity contribution < 1.29 is 22.3 Å². The molecular formula is C28H33F4N7O. The molecule has 0 spiro atoms. The van der Waals surface area contributed by atoms with Gasteiger partial charge in [-0.2, -0.15) is 13.2 Å². The summed E-state index contributed by atoms with van der Waals surface area (Å²) < 4.78 is 66.0. The lowest BCUT2D eigenvalue weighted by molar-refractivity contribution is -0.137. The van der Waals surface area contributed by atoms with Gasteiger partial charge in [0.25, 0.3) is 0 Å². The number of nitrogens with one attached hydrogen (secondary N) is 1. The summed E-state index contributed by atoms with van der Waals surface area (Å²) in [5.74, 6) is -0.346. The Morgan fingerprint density at radius 1 is 1.15 bits per heavy atom. The van der Waals surface area contributed by atoms with Crippen LogP contribution in [0.3, 0.4) is 0 Å². The molecule has 6 heterocycles. The molecule has 2 saturated heterocycles. The summed E-state index contributed by atoms with van der Waals surface area (Å²) in [6.45, 7) is 6.25. The summed E-state index contributed by atoms with van der Waals surface area (Å²) in [5.41, 5.74) is 4.79. The SMILES string of the molecule is Cc1nc(N)cc(-c2nc3c4c(nc(CCN(C)C)c(C)c4c2F)N2C[C@H]4CC[C@H](N4)[C@H]2[C@H](C)O3)c1C(F)(F)F. The van der Waals surface area contributed by atoms with Gasteiger partial charge in [-0.25, -0.2) is 19.3 Å². The quantitative estimate of drug-likeness (QED) is 0.459. The number of pyridine rings is 3. The van der Waals surface area contributed by atoms with Crippen molar-refractivity contribution in [3.05, 3.63) is 34.4 Å². The minimum Gasteiger partial charge on any atom is -0.472 e. The second kappa shape index (κ2) is 9.41. The van der Waals surface area contributed by atoms with Crippen molar-refractivity contribution in [1.82, 2.24) is 25.2 Å². The van der Waals surface area contributed by atoms with Crippen molar-refractivity contribution in [2.24, 2.45) is 0 Å². The van der Waals surface area contributed by atoms with Gasteiger partial charge in [0, 0.05) is 48.2 Å². The number of nitrogen functional groups attached to an aromatic ring is 1. The number of aryl methyl sites for hydroxylation is 2. The fraction of sp³-hybridized carbons (Fsp3) is 0.536. The molecule has 3 N–H and O–H groups in total. The third kappa shape index (κ3) is 4.23. The van der Waals surface area contributed by atoms with E-state index in [4.69, 9.17) is 15.5 Å². The van der Waals surface area contributed by atoms with Gasteiger partial charge in [-0.05, 0) is 59.3 Å². The van der Waals surface area contributed by atoms with Gasteiger partial charge in [0.2, 0.25) is 5.88 Å². The zero-order valence-electron chi connectivity index (χ0n) is 23.2. The number of piperazine rings is 1. The van der Waals surface area contributed by atoms with Crippen molar-refractivity contribution in [1.29, 1.82) is 0 Å². The van der Waals surface area contributed by atoms with Crippen LogP contribution < -0.4 is 20.7 Å². The molecule has 0 unspecified atom stereocenters. The molecule has 2 fully saturated rings. The molecule has 3 aliphatic heterocycles. The summed E-state index contributed by atoms with van der Waals surface area (Å²) in [6, 6.07) is 1.36. The van der Waals surface area contributed by atoms with Crippen LogP contribution in [-0.4, -0.2) is 71.3 Å². The Kier molecular flexibility index (Phi) is 6.34. The zero-order chi connectivity index (χ0) is 28.7. The lowest BCUT2D eigenvalue weighted by Crippen LogP contribution is -2.62. The Labute approximate surface area is 229 Å². The number of anilines is 2. The average Bonchev–Trinajstić information content (AvgIpc) is 3.18. The normalized spacial score (nSPS) is 23.9. The second-order valence-electron chi connectivity index (χ2n) is 11.5. The minimum atomic E-state index is -4.80. The third-order valence-corrected chi connectivity index (χ3v) is 8.45. The number of hydrogen-bond donors (Lipinski definition) is 2. The molecule has 0 amide bonds. The monoisotopic (exact) mass is 559 g/mol. The van der Waals surface area contributed by atoms with Gasteiger partial charge < -0.3 is 25.6 Å². The van der Waals surface area contributed by atoms with Crippen LogP contribution in [-0.2, 0) is 12.6 Å². The van der Waals surface area contributed by atoms with E-state index in [9.17, 15) is 13.2 Å². The first-order valence-corrected chi connectivity index (χ1v) is 13.6. The maximum absolute atomic E-state index is 16.8. The average molecular weight is 560 g/mol. The molecule has 0 aromatic carbocycles. The molecule has 4 atom stereocenters. The summed E-state index contributed by atoms with van der Waals surface area (Å²) in [4.78, 5) is 17.6. The first kappa shape index (κ1) is 26.9. The molecule has 0 saturated carbocycles. The predicted molar refractivity (Wildman–Crippen MR) is 145 cm³/mol. The van der Waals surface area contributed by atoms with Gasteiger partial charge >= 0.3 is 6.18 Å². The smallest absolute Gasteiger partial charge is 0.418 e. The van der Waals surface area contributed by atoms with E-state index in [1.54, 1.807) is 6.92 Å². The fourth-order valence-electron chi connectivity index (χ4n) is 6.69. The Balaban J connectivity index is 1.68. The van der Waals surface area contributed by atoms with E-state index in [0.29, 0.717) is 42.0 Å². The number of hydrogen-bond acceptors (Lipinski definition) is 8. The van der Waals surface area contributed by atoms with E-state index in [2.05, 4.69) is 20.2 Å². The van der Waals surface area contributed by atoms with E-state index in [0.717, 1.165) is 18.9 Å². The van der Waals surface area contributed by atoms with E-state index in [1.807, 2.05) is 25.9 Å². The van der Waals surface area contributed by atoms with E-state index >= 15 is 4.39 Å². The van der Waals surface area contributed by atoms with Crippen molar-refractivity contribution in [3.63, 3.8) is 0 Å². The minimum absolute atomic E-state index is 0.0788. The van der Waals surface area contributed by atoms with Crippen molar-refractivity contribution in [3.8, 4) is 17.1 Å². The molecule has 3 aromatic heterocycles. The number of nitrogens with zero attached hydrogens (tertiary/aromatic N) is 5. The molecule has 214 valence electrons. The van der Waals surface area contributed by atoms with Gasteiger partial charge in [-0.15, -0.1) is 0 Å². The molecule has 2 bridgehead atoms. The fourth-order valence-corrected chi connectivity index (χ4v) is 6.69. The highest BCUT2D eigenvalue weighted by Crippen LogP contribution is 2.47. The number of fused-ring (bicyclic) bond motifs is 5. The molecular weight excluding hydrogens is 526 g/mol. The molecule has 6 rings (SSSR count). The number of rotatable bonds is 4. The Bertz CT molecular complexity index is 1510. The Morgan fingerprint density at radius 2 is 1.90 bits per heavy atom. The van der Waals surface area contributed by atoms with Gasteiger partial charge in [0.15, 0.2) is 5.82 Å². The maximum atomic E-state index is 16.8.